The van der Waals surface area contributed by atoms with Crippen LogP contribution in [0.5, 0.6) is 0 Å². The molecule has 1 atom stereocenters. The highest BCUT2D eigenvalue weighted by atomic mass is 28.3. The summed E-state index contributed by atoms with van der Waals surface area (Å²) in [7, 11) is -0.473. The Kier molecular flexibility index (Phi) is 5.09. The summed E-state index contributed by atoms with van der Waals surface area (Å²) in [6.07, 6.45) is -0.395. The summed E-state index contributed by atoms with van der Waals surface area (Å²) >= 11 is 0. The largest absolute Gasteiger partial charge is 0.484 e. The van der Waals surface area contributed by atoms with Crippen molar-refractivity contribution < 1.29 is 13.3 Å². The van der Waals surface area contributed by atoms with Crippen LogP contribution in [0.25, 0.3) is 0 Å². The molecular weight excluding hydrogens is 226 g/mol. The van der Waals surface area contributed by atoms with E-state index in [0.29, 0.717) is 10.5 Å². The lowest BCUT2D eigenvalue weighted by Crippen LogP contribution is -2.28. The van der Waals surface area contributed by atoms with Crippen LogP contribution in [-0.2, 0) is 8.54 Å². The van der Waals surface area contributed by atoms with Crippen LogP contribution in [0, 0.1) is 0 Å². The standard InChI is InChI=1S/C9H15NO3Si2/c1-7(8-5-3-2-4-6-8)10-9(11)12-15-13-14/h2-7H,15H2,1,14H3,(H,10,11). The Hall–Kier alpha value is -1.12. The van der Waals surface area contributed by atoms with Gasteiger partial charge in [-0.2, -0.15) is 0 Å². The Balaban J connectivity index is 2.42. The summed E-state index contributed by atoms with van der Waals surface area (Å²) in [5, 5.41) is 2.74. The summed E-state index contributed by atoms with van der Waals surface area (Å²) in [6, 6.07) is 9.71. The molecule has 0 spiro atoms. The number of hydrogen-bond acceptors (Lipinski definition) is 3. The first-order valence-corrected chi connectivity index (χ1v) is 6.68. The van der Waals surface area contributed by atoms with E-state index in [0.717, 1.165) is 5.56 Å². The lowest BCUT2D eigenvalue weighted by atomic mass is 10.1. The smallest absolute Gasteiger partial charge is 0.395 e. The Morgan fingerprint density at radius 3 is 2.73 bits per heavy atom. The molecule has 0 saturated heterocycles. The van der Waals surface area contributed by atoms with Crippen LogP contribution in [0.2, 0.25) is 0 Å². The van der Waals surface area contributed by atoms with Crippen LogP contribution in [-0.4, -0.2) is 26.6 Å². The van der Waals surface area contributed by atoms with E-state index in [1.54, 1.807) is 0 Å². The number of amides is 1. The third-order valence-corrected chi connectivity index (χ3v) is 3.26. The maximum Gasteiger partial charge on any atom is 0.395 e. The fraction of sp³-hybridized carbons (Fsp3) is 0.222. The number of carbonyl (C=O) groups is 1. The molecule has 1 aromatic carbocycles. The van der Waals surface area contributed by atoms with E-state index in [1.165, 1.54) is 0 Å². The number of hydrogen-bond donors (Lipinski definition) is 1. The Morgan fingerprint density at radius 2 is 2.13 bits per heavy atom. The molecule has 0 aliphatic heterocycles. The number of carbonyl (C=O) groups excluding carboxylic acids is 1. The first kappa shape index (κ1) is 12.0. The molecule has 1 amide bonds. The van der Waals surface area contributed by atoms with Crippen LogP contribution in [0.3, 0.4) is 0 Å². The van der Waals surface area contributed by atoms with Crippen molar-refractivity contribution >= 4 is 26.6 Å². The van der Waals surface area contributed by atoms with Gasteiger partial charge in [-0.1, -0.05) is 30.3 Å². The molecule has 0 aromatic heterocycles. The summed E-state index contributed by atoms with van der Waals surface area (Å²) in [5.41, 5.74) is 1.06. The maximum atomic E-state index is 11.2. The molecule has 0 heterocycles. The van der Waals surface area contributed by atoms with Crippen LogP contribution < -0.4 is 5.32 Å². The van der Waals surface area contributed by atoms with Gasteiger partial charge in [0.15, 0.2) is 0 Å². The van der Waals surface area contributed by atoms with Crippen LogP contribution >= 0.6 is 0 Å². The maximum absolute atomic E-state index is 11.2. The summed E-state index contributed by atoms with van der Waals surface area (Å²) in [6.45, 7) is 1.92. The van der Waals surface area contributed by atoms with Gasteiger partial charge in [0, 0.05) is 0 Å². The van der Waals surface area contributed by atoms with Gasteiger partial charge in [-0.3, -0.25) is 0 Å². The SMILES string of the molecule is CC(NC(=O)O[SiH2]O[SiH3])c1ccccc1. The van der Waals surface area contributed by atoms with Crippen molar-refractivity contribution in [3.05, 3.63) is 35.9 Å². The normalized spacial score (nSPS) is 12.9. The molecule has 0 aliphatic carbocycles. The molecule has 1 N–H and O–H groups in total. The summed E-state index contributed by atoms with van der Waals surface area (Å²) in [5.74, 6) is 0. The minimum atomic E-state index is -1.10. The highest BCUT2D eigenvalue weighted by Gasteiger charge is 2.08. The molecule has 1 unspecified atom stereocenters. The minimum absolute atomic E-state index is 0.0400. The van der Waals surface area contributed by atoms with E-state index < -0.39 is 16.1 Å². The van der Waals surface area contributed by atoms with Crippen LogP contribution in [0.4, 0.5) is 4.79 Å². The van der Waals surface area contributed by atoms with Gasteiger partial charge in [0.2, 0.25) is 0 Å². The Bertz CT molecular complexity index is 307. The lowest BCUT2D eigenvalue weighted by molar-refractivity contribution is 0.194. The molecule has 1 aromatic rings. The fourth-order valence-corrected chi connectivity index (χ4v) is 1.82. The third kappa shape index (κ3) is 4.28. The monoisotopic (exact) mass is 241 g/mol. The molecule has 15 heavy (non-hydrogen) atoms. The Morgan fingerprint density at radius 1 is 1.47 bits per heavy atom. The Labute approximate surface area is 94.6 Å². The van der Waals surface area contributed by atoms with Gasteiger partial charge in [-0.15, -0.1) is 0 Å². The second kappa shape index (κ2) is 6.38. The lowest BCUT2D eigenvalue weighted by Gasteiger charge is -2.14. The van der Waals surface area contributed by atoms with Gasteiger partial charge < -0.3 is 13.9 Å². The predicted molar refractivity (Wildman–Crippen MR) is 64.0 cm³/mol. The molecule has 1 rings (SSSR count). The van der Waals surface area contributed by atoms with Crippen molar-refractivity contribution in [2.45, 2.75) is 13.0 Å². The second-order valence-corrected chi connectivity index (χ2v) is 5.95. The number of nitrogens with one attached hydrogen (secondary N) is 1. The number of benzene rings is 1. The fourth-order valence-electron chi connectivity index (χ4n) is 1.16. The van der Waals surface area contributed by atoms with E-state index in [2.05, 4.69) is 5.32 Å². The number of rotatable bonds is 4. The van der Waals surface area contributed by atoms with Gasteiger partial charge >= 0.3 is 16.1 Å². The van der Waals surface area contributed by atoms with Crippen molar-refractivity contribution in [2.24, 2.45) is 0 Å². The molecule has 0 bridgehead atoms. The molecule has 0 fully saturated rings. The zero-order valence-corrected chi connectivity index (χ0v) is 12.3. The molecule has 4 nitrogen and oxygen atoms in total. The van der Waals surface area contributed by atoms with Crippen molar-refractivity contribution in [2.75, 3.05) is 0 Å². The zero-order chi connectivity index (χ0) is 11.1. The molecule has 0 aliphatic rings. The van der Waals surface area contributed by atoms with Crippen molar-refractivity contribution in [3.63, 3.8) is 0 Å². The van der Waals surface area contributed by atoms with E-state index in [-0.39, 0.29) is 6.04 Å². The van der Waals surface area contributed by atoms with E-state index in [4.69, 9.17) is 8.54 Å². The third-order valence-electron chi connectivity index (χ3n) is 1.94. The summed E-state index contributed by atoms with van der Waals surface area (Å²) in [4.78, 5) is 11.2. The van der Waals surface area contributed by atoms with E-state index in [1.807, 2.05) is 37.3 Å². The van der Waals surface area contributed by atoms with Crippen LogP contribution in [0.1, 0.15) is 18.5 Å². The van der Waals surface area contributed by atoms with Gasteiger partial charge in [-0.25, -0.2) is 4.79 Å². The predicted octanol–water partition coefficient (Wildman–Crippen LogP) is -0.230. The molecule has 82 valence electrons. The average Bonchev–Trinajstić information content (AvgIpc) is 2.27. The van der Waals surface area contributed by atoms with Gasteiger partial charge in [-0.05, 0) is 12.5 Å². The highest BCUT2D eigenvalue weighted by molar-refractivity contribution is 6.30. The molecule has 0 radical (unpaired) electrons. The topological polar surface area (TPSA) is 47.6 Å². The zero-order valence-electron chi connectivity index (χ0n) is 8.90. The van der Waals surface area contributed by atoms with Gasteiger partial charge in [0.1, 0.15) is 10.5 Å². The van der Waals surface area contributed by atoms with Crippen molar-refractivity contribution in [1.82, 2.24) is 5.32 Å². The van der Waals surface area contributed by atoms with Crippen molar-refractivity contribution in [3.8, 4) is 0 Å². The van der Waals surface area contributed by atoms with E-state index in [9.17, 15) is 4.79 Å². The highest BCUT2D eigenvalue weighted by Crippen LogP contribution is 2.10. The second-order valence-electron chi connectivity index (χ2n) is 3.12. The quantitative estimate of drug-likeness (QED) is 0.741. The first-order valence-electron chi connectivity index (χ1n) is 4.71. The van der Waals surface area contributed by atoms with Crippen LogP contribution in [0.15, 0.2) is 30.3 Å². The average molecular weight is 241 g/mol. The minimum Gasteiger partial charge on any atom is -0.484 e. The first-order chi connectivity index (χ1) is 7.24. The van der Waals surface area contributed by atoms with Gasteiger partial charge in [0.05, 0.1) is 6.04 Å². The van der Waals surface area contributed by atoms with Crippen molar-refractivity contribution in [1.29, 1.82) is 0 Å². The molecule has 0 saturated carbocycles. The van der Waals surface area contributed by atoms with E-state index >= 15 is 0 Å². The molecule has 6 heteroatoms. The van der Waals surface area contributed by atoms with Gasteiger partial charge in [0.25, 0.3) is 0 Å². The summed E-state index contributed by atoms with van der Waals surface area (Å²) < 4.78 is 9.78. The molecular formula is C9H15NO3Si2.